The summed E-state index contributed by atoms with van der Waals surface area (Å²) in [7, 11) is 0. The fraction of sp³-hybridized carbons (Fsp3) is 0.130. The van der Waals surface area contributed by atoms with Crippen LogP contribution in [0.15, 0.2) is 73.1 Å². The van der Waals surface area contributed by atoms with E-state index in [1.807, 2.05) is 30.3 Å². The van der Waals surface area contributed by atoms with E-state index in [2.05, 4.69) is 41.4 Å². The van der Waals surface area contributed by atoms with Gasteiger partial charge < -0.3 is 15.6 Å². The molecule has 0 bridgehead atoms. The molecule has 0 radical (unpaired) electrons. The maximum absolute atomic E-state index is 9.37. The summed E-state index contributed by atoms with van der Waals surface area (Å²) >= 11 is 0. The molecule has 138 valence electrons. The lowest BCUT2D eigenvalue weighted by Gasteiger charge is -2.28. The fourth-order valence-corrected chi connectivity index (χ4v) is 4.00. The SMILES string of the molecule is Nc1c2c(nc[n+]1CCO)Oc1c(ccc3ccccc13)[C@@H]2c1ccccc1. The largest absolute Gasteiger partial charge is 0.425 e. The smallest absolute Gasteiger partial charge is 0.306 e. The summed E-state index contributed by atoms with van der Waals surface area (Å²) in [6, 6.07) is 22.7. The highest BCUT2D eigenvalue weighted by atomic mass is 16.5. The Labute approximate surface area is 162 Å². The van der Waals surface area contributed by atoms with E-state index in [0.29, 0.717) is 18.2 Å². The number of anilines is 1. The molecule has 5 nitrogen and oxygen atoms in total. The van der Waals surface area contributed by atoms with Crippen molar-refractivity contribution in [2.45, 2.75) is 12.5 Å². The summed E-state index contributed by atoms with van der Waals surface area (Å²) in [5.41, 5.74) is 9.54. The Morgan fingerprint density at radius 3 is 2.61 bits per heavy atom. The first-order valence-electron chi connectivity index (χ1n) is 9.31. The van der Waals surface area contributed by atoms with Crippen molar-refractivity contribution in [2.75, 3.05) is 12.3 Å². The molecule has 1 aromatic heterocycles. The third-order valence-corrected chi connectivity index (χ3v) is 5.31. The van der Waals surface area contributed by atoms with E-state index < -0.39 is 0 Å². The number of rotatable bonds is 3. The highest BCUT2D eigenvalue weighted by Crippen LogP contribution is 2.50. The Hall–Kier alpha value is -3.44. The van der Waals surface area contributed by atoms with E-state index >= 15 is 0 Å². The maximum Gasteiger partial charge on any atom is 0.306 e. The zero-order chi connectivity index (χ0) is 19.1. The minimum absolute atomic E-state index is 0.00653. The van der Waals surface area contributed by atoms with Crippen LogP contribution in [0.3, 0.4) is 0 Å². The molecule has 0 aliphatic carbocycles. The summed E-state index contributed by atoms with van der Waals surface area (Å²) in [5, 5.41) is 11.5. The lowest BCUT2D eigenvalue weighted by atomic mass is 9.82. The van der Waals surface area contributed by atoms with Gasteiger partial charge in [0.15, 0.2) is 0 Å². The monoisotopic (exact) mass is 370 g/mol. The molecule has 0 saturated heterocycles. The number of hydrogen-bond acceptors (Lipinski definition) is 4. The topological polar surface area (TPSA) is 72.2 Å². The van der Waals surface area contributed by atoms with E-state index in [4.69, 9.17) is 10.5 Å². The van der Waals surface area contributed by atoms with E-state index in [-0.39, 0.29) is 12.5 Å². The Balaban J connectivity index is 1.81. The molecule has 1 atom stereocenters. The molecule has 0 spiro atoms. The van der Waals surface area contributed by atoms with E-state index in [1.54, 1.807) is 10.9 Å². The predicted octanol–water partition coefficient (Wildman–Crippen LogP) is 3.38. The molecule has 0 unspecified atom stereocenters. The molecule has 5 heteroatoms. The van der Waals surface area contributed by atoms with Gasteiger partial charge in [0.1, 0.15) is 11.3 Å². The highest BCUT2D eigenvalue weighted by Gasteiger charge is 2.36. The van der Waals surface area contributed by atoms with Gasteiger partial charge in [-0.3, -0.25) is 0 Å². The average Bonchev–Trinajstić information content (AvgIpc) is 2.75. The van der Waals surface area contributed by atoms with Crippen LogP contribution in [0.4, 0.5) is 5.82 Å². The molecular weight excluding hydrogens is 350 g/mol. The van der Waals surface area contributed by atoms with Crippen molar-refractivity contribution >= 4 is 16.6 Å². The molecule has 0 amide bonds. The van der Waals surface area contributed by atoms with Crippen molar-refractivity contribution in [1.29, 1.82) is 0 Å². The number of aliphatic hydroxyl groups is 1. The average molecular weight is 370 g/mol. The first kappa shape index (κ1) is 16.7. The highest BCUT2D eigenvalue weighted by molar-refractivity contribution is 5.91. The van der Waals surface area contributed by atoms with Crippen LogP contribution in [0.1, 0.15) is 22.6 Å². The second-order valence-corrected chi connectivity index (χ2v) is 6.92. The molecule has 3 N–H and O–H groups in total. The Morgan fingerprint density at radius 2 is 1.79 bits per heavy atom. The number of fused-ring (bicyclic) bond motifs is 4. The second-order valence-electron chi connectivity index (χ2n) is 6.92. The molecule has 28 heavy (non-hydrogen) atoms. The van der Waals surface area contributed by atoms with Gasteiger partial charge in [-0.1, -0.05) is 71.7 Å². The van der Waals surface area contributed by atoms with Crippen LogP contribution < -0.4 is 15.0 Å². The third kappa shape index (κ3) is 2.52. The number of nitrogens with zero attached hydrogens (tertiary/aromatic N) is 2. The van der Waals surface area contributed by atoms with Crippen LogP contribution in [0.5, 0.6) is 11.6 Å². The van der Waals surface area contributed by atoms with E-state index in [0.717, 1.165) is 33.2 Å². The molecular formula is C23H20N3O2+. The third-order valence-electron chi connectivity index (χ3n) is 5.31. The van der Waals surface area contributed by atoms with Gasteiger partial charge in [0.05, 0.1) is 19.1 Å². The van der Waals surface area contributed by atoms with E-state index in [1.165, 1.54) is 0 Å². The van der Waals surface area contributed by atoms with Crippen molar-refractivity contribution in [3.05, 3.63) is 89.7 Å². The maximum atomic E-state index is 9.37. The molecule has 1 aliphatic rings. The summed E-state index contributed by atoms with van der Waals surface area (Å²) in [6.07, 6.45) is 1.63. The summed E-state index contributed by atoms with van der Waals surface area (Å²) in [4.78, 5) is 4.53. The van der Waals surface area contributed by atoms with Crippen LogP contribution in [0, 0.1) is 0 Å². The van der Waals surface area contributed by atoms with Crippen LogP contribution in [-0.4, -0.2) is 16.7 Å². The minimum Gasteiger partial charge on any atom is -0.425 e. The van der Waals surface area contributed by atoms with Gasteiger partial charge in [-0.25, -0.2) is 4.57 Å². The summed E-state index contributed by atoms with van der Waals surface area (Å²) in [5.74, 6) is 1.81. The fourth-order valence-electron chi connectivity index (χ4n) is 4.00. The van der Waals surface area contributed by atoms with Crippen molar-refractivity contribution < 1.29 is 14.4 Å². The predicted molar refractivity (Wildman–Crippen MR) is 107 cm³/mol. The van der Waals surface area contributed by atoms with Crippen LogP contribution in [-0.2, 0) is 6.54 Å². The number of nitrogen functional groups attached to an aromatic ring is 1. The molecule has 0 fully saturated rings. The van der Waals surface area contributed by atoms with Gasteiger partial charge in [-0.05, 0) is 10.9 Å². The Bertz CT molecular complexity index is 1180. The molecule has 4 aromatic rings. The number of aromatic nitrogens is 2. The first-order chi connectivity index (χ1) is 13.8. The standard InChI is InChI=1S/C23H19N3O2/c24-22-20-19(16-7-2-1-3-8-16)18-11-10-15-6-4-5-9-17(15)21(18)28-23(20)25-14-26(22)12-13-27/h1-11,14,19,24,27H,12-13H2/p+1/t19-/m0/s1. The first-order valence-corrected chi connectivity index (χ1v) is 9.31. The number of aliphatic hydroxyl groups excluding tert-OH is 1. The lowest BCUT2D eigenvalue weighted by Crippen LogP contribution is -2.41. The molecule has 1 aliphatic heterocycles. The van der Waals surface area contributed by atoms with Crippen molar-refractivity contribution in [3.63, 3.8) is 0 Å². The lowest BCUT2D eigenvalue weighted by molar-refractivity contribution is -0.687. The van der Waals surface area contributed by atoms with Gasteiger partial charge >= 0.3 is 5.88 Å². The minimum atomic E-state index is -0.0943. The van der Waals surface area contributed by atoms with Crippen LogP contribution in [0.25, 0.3) is 10.8 Å². The van der Waals surface area contributed by atoms with Crippen LogP contribution >= 0.6 is 0 Å². The quantitative estimate of drug-likeness (QED) is 0.478. The Morgan fingerprint density at radius 1 is 1.00 bits per heavy atom. The van der Waals surface area contributed by atoms with Crippen molar-refractivity contribution in [1.82, 2.24) is 4.98 Å². The van der Waals surface area contributed by atoms with Gasteiger partial charge in [-0.15, -0.1) is 0 Å². The number of hydrogen-bond donors (Lipinski definition) is 2. The number of nitrogens with two attached hydrogens (primary N) is 1. The molecule has 2 heterocycles. The van der Waals surface area contributed by atoms with Crippen LogP contribution in [0.2, 0.25) is 0 Å². The summed E-state index contributed by atoms with van der Waals surface area (Å²) < 4.78 is 8.06. The van der Waals surface area contributed by atoms with E-state index in [9.17, 15) is 5.11 Å². The zero-order valence-corrected chi connectivity index (χ0v) is 15.2. The van der Waals surface area contributed by atoms with Gasteiger partial charge in [0, 0.05) is 10.9 Å². The molecule has 0 saturated carbocycles. The van der Waals surface area contributed by atoms with Gasteiger partial charge in [-0.2, -0.15) is 0 Å². The van der Waals surface area contributed by atoms with Crippen molar-refractivity contribution in [3.8, 4) is 11.6 Å². The molecule has 3 aromatic carbocycles. The second kappa shape index (κ2) is 6.62. The number of ether oxygens (including phenoxy) is 1. The normalized spacial score (nSPS) is 15.0. The number of benzene rings is 3. The Kier molecular flexibility index (Phi) is 3.95. The zero-order valence-electron chi connectivity index (χ0n) is 15.2. The van der Waals surface area contributed by atoms with Gasteiger partial charge in [0.25, 0.3) is 0 Å². The van der Waals surface area contributed by atoms with Crippen molar-refractivity contribution in [2.24, 2.45) is 0 Å². The summed E-state index contributed by atoms with van der Waals surface area (Å²) in [6.45, 7) is 0.381. The van der Waals surface area contributed by atoms with Gasteiger partial charge in [0.2, 0.25) is 12.1 Å². The molecule has 5 rings (SSSR count).